The number of carbonyl (C=O) groups is 4. The Labute approximate surface area is 258 Å². The number of hydrogen-bond donors (Lipinski definition) is 4. The molecule has 1 aliphatic rings. The number of aromatic nitrogens is 3. The first-order chi connectivity index (χ1) is 20.7. The summed E-state index contributed by atoms with van der Waals surface area (Å²) in [5.74, 6) is -1.42. The van der Waals surface area contributed by atoms with Gasteiger partial charge >= 0.3 is 0 Å². The van der Waals surface area contributed by atoms with Gasteiger partial charge in [-0.1, -0.05) is 44.2 Å². The first-order valence-corrected chi connectivity index (χ1v) is 15.9. The van der Waals surface area contributed by atoms with Crippen LogP contribution in [0.2, 0.25) is 0 Å². The van der Waals surface area contributed by atoms with Crippen LogP contribution < -0.4 is 21.3 Å². The van der Waals surface area contributed by atoms with Crippen LogP contribution in [0.3, 0.4) is 0 Å². The number of carbonyl (C=O) groups excluding carboxylic acids is 4. The summed E-state index contributed by atoms with van der Waals surface area (Å²) in [6.45, 7) is 6.30. The fourth-order valence-electron chi connectivity index (χ4n) is 4.57. The van der Waals surface area contributed by atoms with Crippen molar-refractivity contribution in [1.29, 1.82) is 0 Å². The van der Waals surface area contributed by atoms with Crippen molar-refractivity contribution in [3.05, 3.63) is 36.2 Å². The number of nitrogens with zero attached hydrogens (tertiary/aromatic N) is 5. The summed E-state index contributed by atoms with van der Waals surface area (Å²) in [5.41, 5.74) is 0.726. The minimum atomic E-state index is -3.99. The molecule has 16 heteroatoms. The van der Waals surface area contributed by atoms with E-state index >= 15 is 0 Å². The molecule has 4 amide bonds. The van der Waals surface area contributed by atoms with E-state index in [1.807, 2.05) is 44.2 Å². The van der Waals surface area contributed by atoms with Gasteiger partial charge in [-0.2, -0.15) is 22.1 Å². The van der Waals surface area contributed by atoms with Crippen molar-refractivity contribution in [2.45, 2.75) is 65.2 Å². The fraction of sp³-hybridized carbons (Fsp3) is 0.571. The molecule has 3 rings (SSSR count). The lowest BCUT2D eigenvalue weighted by atomic mass is 10.0. The average Bonchev–Trinajstić information content (AvgIpc) is 3.37. The molecule has 2 heterocycles. The Kier molecular flexibility index (Phi) is 12.0. The Morgan fingerprint density at radius 3 is 2.25 bits per heavy atom. The van der Waals surface area contributed by atoms with Gasteiger partial charge in [-0.05, 0) is 32.6 Å². The van der Waals surface area contributed by atoms with Gasteiger partial charge in [-0.3, -0.25) is 19.2 Å². The molecule has 2 aromatic rings. The standard InChI is InChI=1S/C28H43N9O6S/c1-18(2)15-22-28(41)31-19(3)26-33-25(21-11-8-7-9-12-21)34-37(26)17-23(38)29-13-10-14-36(44(42,43)35(5)6)16-24(39)30-20(4)27(40)32-22/h7-9,11-12,18-20,22H,10,13-17H2,1-6H3,(H,29,38)(H,30,39)(H,31,41)(H,32,40)/t19-,20+,22+/m0/s1. The highest BCUT2D eigenvalue weighted by molar-refractivity contribution is 7.86. The largest absolute Gasteiger partial charge is 0.354 e. The maximum absolute atomic E-state index is 13.5. The Morgan fingerprint density at radius 1 is 0.932 bits per heavy atom. The van der Waals surface area contributed by atoms with Crippen molar-refractivity contribution in [1.82, 2.24) is 44.6 Å². The molecular weight excluding hydrogens is 590 g/mol. The zero-order chi connectivity index (χ0) is 32.6. The van der Waals surface area contributed by atoms with Crippen LogP contribution in [0.15, 0.2) is 30.3 Å². The van der Waals surface area contributed by atoms with Crippen molar-refractivity contribution < 1.29 is 27.6 Å². The first-order valence-electron chi connectivity index (χ1n) is 14.5. The molecule has 1 aliphatic heterocycles. The topological polar surface area (TPSA) is 188 Å². The third-order valence-corrected chi connectivity index (χ3v) is 8.78. The predicted molar refractivity (Wildman–Crippen MR) is 163 cm³/mol. The molecule has 0 bridgehead atoms. The van der Waals surface area contributed by atoms with Gasteiger partial charge in [0.2, 0.25) is 23.6 Å². The smallest absolute Gasteiger partial charge is 0.281 e. The number of rotatable bonds is 5. The van der Waals surface area contributed by atoms with Crippen LogP contribution in [0.5, 0.6) is 0 Å². The zero-order valence-corrected chi connectivity index (χ0v) is 26.8. The molecule has 1 aromatic heterocycles. The lowest BCUT2D eigenvalue weighted by Crippen LogP contribution is -2.55. The lowest BCUT2D eigenvalue weighted by molar-refractivity contribution is -0.132. The Balaban J connectivity index is 1.96. The van der Waals surface area contributed by atoms with E-state index in [9.17, 15) is 27.6 Å². The summed E-state index contributed by atoms with van der Waals surface area (Å²) < 4.78 is 29.2. The second-order valence-corrected chi connectivity index (χ2v) is 13.5. The minimum absolute atomic E-state index is 0.0368. The fourth-order valence-corrected chi connectivity index (χ4v) is 5.68. The highest BCUT2D eigenvalue weighted by atomic mass is 32.2. The van der Waals surface area contributed by atoms with Gasteiger partial charge in [-0.15, -0.1) is 0 Å². The summed E-state index contributed by atoms with van der Waals surface area (Å²) in [7, 11) is -1.30. The predicted octanol–water partition coefficient (Wildman–Crippen LogP) is -0.214. The molecule has 0 saturated carbocycles. The molecule has 0 aliphatic carbocycles. The maximum Gasteiger partial charge on any atom is 0.281 e. The average molecular weight is 634 g/mol. The van der Waals surface area contributed by atoms with Crippen LogP contribution in [0.4, 0.5) is 0 Å². The lowest BCUT2D eigenvalue weighted by Gasteiger charge is -2.26. The van der Waals surface area contributed by atoms with E-state index in [1.54, 1.807) is 6.92 Å². The number of fused-ring (bicyclic) bond motifs is 1. The second-order valence-electron chi connectivity index (χ2n) is 11.4. The Hall–Kier alpha value is -3.89. The number of nitrogens with one attached hydrogen (secondary N) is 4. The van der Waals surface area contributed by atoms with Gasteiger partial charge in [-0.25, -0.2) is 9.67 Å². The molecular formula is C28H43N9O6S. The minimum Gasteiger partial charge on any atom is -0.354 e. The summed E-state index contributed by atoms with van der Waals surface area (Å²) in [6.07, 6.45) is 0.523. The van der Waals surface area contributed by atoms with E-state index in [4.69, 9.17) is 0 Å². The van der Waals surface area contributed by atoms with Gasteiger partial charge in [0.1, 0.15) is 24.5 Å². The number of benzene rings is 1. The van der Waals surface area contributed by atoms with Crippen molar-refractivity contribution in [2.24, 2.45) is 5.92 Å². The third kappa shape index (κ3) is 9.30. The summed E-state index contributed by atoms with van der Waals surface area (Å²) in [6, 6.07) is 6.52. The van der Waals surface area contributed by atoms with Crippen molar-refractivity contribution in [2.75, 3.05) is 33.7 Å². The first kappa shape index (κ1) is 34.6. The third-order valence-electron chi connectivity index (χ3n) is 6.90. The molecule has 0 fully saturated rings. The van der Waals surface area contributed by atoms with Crippen molar-refractivity contribution in [3.63, 3.8) is 0 Å². The molecule has 242 valence electrons. The van der Waals surface area contributed by atoms with Gasteiger partial charge in [0.05, 0.1) is 12.6 Å². The molecule has 0 spiro atoms. The molecule has 15 nitrogen and oxygen atoms in total. The van der Waals surface area contributed by atoms with Crippen LogP contribution >= 0.6 is 0 Å². The summed E-state index contributed by atoms with van der Waals surface area (Å²) in [5, 5.41) is 15.4. The molecule has 0 radical (unpaired) electrons. The molecule has 44 heavy (non-hydrogen) atoms. The number of amides is 4. The van der Waals surface area contributed by atoms with Crippen LogP contribution in [-0.4, -0.2) is 101 Å². The van der Waals surface area contributed by atoms with Crippen molar-refractivity contribution in [3.8, 4) is 11.4 Å². The number of hydrogen-bond acceptors (Lipinski definition) is 8. The van der Waals surface area contributed by atoms with Gasteiger partial charge in [0.25, 0.3) is 10.2 Å². The Morgan fingerprint density at radius 2 is 1.61 bits per heavy atom. The van der Waals surface area contributed by atoms with E-state index < -0.39 is 58.5 Å². The summed E-state index contributed by atoms with van der Waals surface area (Å²) >= 11 is 0. The molecule has 4 N–H and O–H groups in total. The molecule has 3 atom stereocenters. The van der Waals surface area contributed by atoms with E-state index in [0.29, 0.717) is 18.1 Å². The van der Waals surface area contributed by atoms with E-state index in [-0.39, 0.29) is 32.0 Å². The maximum atomic E-state index is 13.5. The SMILES string of the molecule is CC(C)C[C@H]1NC(=O)[C@@H](C)NC(=O)CN(S(=O)(=O)N(C)C)CCCNC(=O)Cn2nc(-c3ccccc3)nc2[C@H](C)NC1=O. The van der Waals surface area contributed by atoms with Gasteiger partial charge < -0.3 is 21.3 Å². The molecule has 0 saturated heterocycles. The molecule has 1 aromatic carbocycles. The van der Waals surface area contributed by atoms with Crippen LogP contribution in [0.1, 0.15) is 52.4 Å². The van der Waals surface area contributed by atoms with Crippen molar-refractivity contribution >= 4 is 33.8 Å². The highest BCUT2D eigenvalue weighted by Gasteiger charge is 2.30. The highest BCUT2D eigenvalue weighted by Crippen LogP contribution is 2.19. The Bertz CT molecular complexity index is 1430. The quantitative estimate of drug-likeness (QED) is 0.348. The molecule has 0 unspecified atom stereocenters. The van der Waals surface area contributed by atoms with Gasteiger partial charge in [0, 0.05) is 32.7 Å². The van der Waals surface area contributed by atoms with Crippen LogP contribution in [-0.2, 0) is 35.9 Å². The van der Waals surface area contributed by atoms with E-state index in [2.05, 4.69) is 31.3 Å². The van der Waals surface area contributed by atoms with E-state index in [1.165, 1.54) is 25.7 Å². The van der Waals surface area contributed by atoms with Crippen LogP contribution in [0, 0.1) is 5.92 Å². The zero-order valence-electron chi connectivity index (χ0n) is 26.0. The van der Waals surface area contributed by atoms with E-state index in [0.717, 1.165) is 14.2 Å². The monoisotopic (exact) mass is 633 g/mol. The van der Waals surface area contributed by atoms with Crippen LogP contribution in [0.25, 0.3) is 11.4 Å². The summed E-state index contributed by atoms with van der Waals surface area (Å²) in [4.78, 5) is 56.9. The normalized spacial score (nSPS) is 22.2. The second kappa shape index (κ2) is 15.2. The van der Waals surface area contributed by atoms with Gasteiger partial charge in [0.15, 0.2) is 5.82 Å².